The molecule has 10 nitrogen and oxygen atoms in total. The van der Waals surface area contributed by atoms with E-state index < -0.39 is 21.7 Å². The summed E-state index contributed by atoms with van der Waals surface area (Å²) in [6.45, 7) is 13.8. The molecule has 3 rings (SSSR count). The van der Waals surface area contributed by atoms with Gasteiger partial charge >= 0.3 is 5.97 Å². The van der Waals surface area contributed by atoms with Crippen LogP contribution in [0.15, 0.2) is 42.7 Å². The predicted molar refractivity (Wildman–Crippen MR) is 143 cm³/mol. The summed E-state index contributed by atoms with van der Waals surface area (Å²) in [6, 6.07) is 9.35. The number of carbonyl (C=O) groups is 3. The Morgan fingerprint density at radius 2 is 1.47 bits per heavy atom. The topological polar surface area (TPSA) is 139 Å². The summed E-state index contributed by atoms with van der Waals surface area (Å²) in [5.41, 5.74) is 1.17. The molecule has 0 saturated carbocycles. The van der Waals surface area contributed by atoms with Crippen molar-refractivity contribution in [2.75, 3.05) is 31.1 Å². The third-order valence-electron chi connectivity index (χ3n) is 4.27. The van der Waals surface area contributed by atoms with E-state index in [2.05, 4.69) is 10.4 Å². The Balaban J connectivity index is 0. The van der Waals surface area contributed by atoms with Crippen LogP contribution in [-0.2, 0) is 19.4 Å². The number of carboxylic acids is 1. The van der Waals surface area contributed by atoms with Gasteiger partial charge in [0, 0.05) is 25.7 Å². The molecule has 1 aliphatic rings. The lowest BCUT2D eigenvalue weighted by molar-refractivity contribution is -0.136. The van der Waals surface area contributed by atoms with Crippen LogP contribution >= 0.6 is 0 Å². The molecule has 1 aromatic carbocycles. The van der Waals surface area contributed by atoms with Crippen LogP contribution in [0.5, 0.6) is 0 Å². The molecule has 1 aromatic heterocycles. The largest absolute Gasteiger partial charge is 0.481 e. The zero-order chi connectivity index (χ0) is 28.1. The second-order valence-electron chi connectivity index (χ2n) is 6.47. The highest BCUT2D eigenvalue weighted by atomic mass is 32.2. The number of para-hydroxylation sites is 1. The molecule has 11 heteroatoms. The number of nitrogens with zero attached hydrogens (tertiary/aromatic N) is 3. The Hall–Kier alpha value is -3.21. The molecule has 0 atom stereocenters. The number of hydrogen-bond donors (Lipinski definition) is 2. The quantitative estimate of drug-likeness (QED) is 0.609. The summed E-state index contributed by atoms with van der Waals surface area (Å²) in [6.07, 6.45) is 3.24. The minimum absolute atomic E-state index is 0.0312. The van der Waals surface area contributed by atoms with Gasteiger partial charge in [-0.15, -0.1) is 0 Å². The summed E-state index contributed by atoms with van der Waals surface area (Å²) in [4.78, 5) is 35.0. The highest BCUT2D eigenvalue weighted by Gasteiger charge is 2.25. The summed E-state index contributed by atoms with van der Waals surface area (Å²) in [5, 5.41) is 14.4. The summed E-state index contributed by atoms with van der Waals surface area (Å²) >= 11 is 0. The van der Waals surface area contributed by atoms with Crippen molar-refractivity contribution in [3.8, 4) is 5.69 Å². The molecule has 2 N–H and O–H groups in total. The molecular formula is C25H42N4O6S. The Morgan fingerprint density at radius 1 is 0.972 bits per heavy atom. The molecule has 204 valence electrons. The molecule has 1 aliphatic heterocycles. The smallest absolute Gasteiger partial charge is 0.303 e. The van der Waals surface area contributed by atoms with E-state index in [4.69, 9.17) is 5.11 Å². The first-order chi connectivity index (χ1) is 17.2. The van der Waals surface area contributed by atoms with Crippen LogP contribution in [0.4, 0.5) is 0 Å². The molecule has 2 aromatic rings. The Morgan fingerprint density at radius 3 is 1.94 bits per heavy atom. The number of aromatic nitrogens is 2. The first-order valence-corrected chi connectivity index (χ1v) is 14.1. The average Bonchev–Trinajstić information content (AvgIpc) is 3.42. The van der Waals surface area contributed by atoms with Crippen LogP contribution in [0.2, 0.25) is 0 Å². The van der Waals surface area contributed by atoms with Gasteiger partial charge in [0.15, 0.2) is 9.84 Å². The fraction of sp³-hybridized carbons (Fsp3) is 0.520. The van der Waals surface area contributed by atoms with Gasteiger partial charge in [0.05, 0.1) is 35.5 Å². The SMILES string of the molecule is CC.CC.CC.CCC(=O)O.O=C(NCC(=O)N1CCS(=O)(=O)CC1)c1cnn(-c2ccccc2)c1. The van der Waals surface area contributed by atoms with Gasteiger partial charge in [-0.2, -0.15) is 5.10 Å². The van der Waals surface area contributed by atoms with Crippen molar-refractivity contribution in [3.05, 3.63) is 48.3 Å². The van der Waals surface area contributed by atoms with Crippen LogP contribution in [0.3, 0.4) is 0 Å². The zero-order valence-corrected chi connectivity index (χ0v) is 23.3. The Labute approximate surface area is 215 Å². The van der Waals surface area contributed by atoms with Gasteiger partial charge in [-0.3, -0.25) is 14.4 Å². The van der Waals surface area contributed by atoms with Gasteiger partial charge in [-0.1, -0.05) is 66.7 Å². The summed E-state index contributed by atoms with van der Waals surface area (Å²) in [5.74, 6) is -1.50. The maximum absolute atomic E-state index is 12.1. The normalized spacial score (nSPS) is 12.9. The van der Waals surface area contributed by atoms with Crippen molar-refractivity contribution >= 4 is 27.6 Å². The van der Waals surface area contributed by atoms with E-state index in [-0.39, 0.29) is 43.5 Å². The lowest BCUT2D eigenvalue weighted by atomic mass is 10.3. The molecule has 0 bridgehead atoms. The molecule has 1 fully saturated rings. The highest BCUT2D eigenvalue weighted by molar-refractivity contribution is 7.91. The molecule has 0 radical (unpaired) electrons. The number of aliphatic carboxylic acids is 1. The number of benzene rings is 1. The van der Waals surface area contributed by atoms with Crippen molar-refractivity contribution in [3.63, 3.8) is 0 Å². The van der Waals surface area contributed by atoms with Crippen molar-refractivity contribution in [2.24, 2.45) is 0 Å². The lowest BCUT2D eigenvalue weighted by Crippen LogP contribution is -2.47. The van der Waals surface area contributed by atoms with Gasteiger partial charge in [0.2, 0.25) is 5.91 Å². The van der Waals surface area contributed by atoms with Crippen molar-refractivity contribution in [2.45, 2.75) is 54.9 Å². The number of carboxylic acid groups (broad SMARTS) is 1. The highest BCUT2D eigenvalue weighted by Crippen LogP contribution is 2.08. The minimum atomic E-state index is -3.04. The first kappa shape index (κ1) is 35.0. The van der Waals surface area contributed by atoms with E-state index in [1.165, 1.54) is 11.1 Å². The van der Waals surface area contributed by atoms with Crippen LogP contribution in [0.25, 0.3) is 5.69 Å². The maximum Gasteiger partial charge on any atom is 0.303 e. The minimum Gasteiger partial charge on any atom is -0.481 e. The molecule has 0 aliphatic carbocycles. The van der Waals surface area contributed by atoms with Crippen molar-refractivity contribution < 1.29 is 27.9 Å². The standard InChI is InChI=1S/C16H18N4O4S.C3H6O2.3C2H6/c21-15(19-6-8-25(23,24)9-7-19)11-17-16(22)13-10-18-20(12-13)14-4-2-1-3-5-14;1-2-3(4)5;3*1-2/h1-5,10,12H,6-9,11H2,(H,17,22);2H2,1H3,(H,4,5);3*1-2H3. The maximum atomic E-state index is 12.1. The number of hydrogen-bond acceptors (Lipinski definition) is 6. The van der Waals surface area contributed by atoms with E-state index in [0.29, 0.717) is 5.56 Å². The van der Waals surface area contributed by atoms with Crippen molar-refractivity contribution in [1.29, 1.82) is 0 Å². The molecule has 2 amide bonds. The fourth-order valence-electron chi connectivity index (χ4n) is 2.49. The monoisotopic (exact) mass is 526 g/mol. The second-order valence-corrected chi connectivity index (χ2v) is 8.78. The fourth-order valence-corrected chi connectivity index (χ4v) is 3.69. The van der Waals surface area contributed by atoms with Crippen LogP contribution in [-0.4, -0.2) is 77.1 Å². The number of rotatable bonds is 5. The van der Waals surface area contributed by atoms with E-state index in [1.807, 2.05) is 71.9 Å². The molecule has 0 spiro atoms. The van der Waals surface area contributed by atoms with E-state index in [9.17, 15) is 22.8 Å². The Kier molecular flexibility index (Phi) is 19.4. The lowest BCUT2D eigenvalue weighted by Gasteiger charge is -2.26. The summed E-state index contributed by atoms with van der Waals surface area (Å²) in [7, 11) is -3.04. The number of sulfone groups is 1. The van der Waals surface area contributed by atoms with Gasteiger partial charge in [-0.25, -0.2) is 13.1 Å². The zero-order valence-electron chi connectivity index (χ0n) is 22.5. The second kappa shape index (κ2) is 20.0. The van der Waals surface area contributed by atoms with Gasteiger partial charge < -0.3 is 15.3 Å². The van der Waals surface area contributed by atoms with Crippen LogP contribution in [0.1, 0.15) is 65.2 Å². The number of carbonyl (C=O) groups excluding carboxylic acids is 2. The third-order valence-corrected chi connectivity index (χ3v) is 5.87. The molecule has 2 heterocycles. The first-order valence-electron chi connectivity index (χ1n) is 12.3. The molecular weight excluding hydrogens is 484 g/mol. The van der Waals surface area contributed by atoms with Gasteiger partial charge in [0.1, 0.15) is 0 Å². The third kappa shape index (κ3) is 13.6. The van der Waals surface area contributed by atoms with E-state index in [1.54, 1.807) is 17.8 Å². The van der Waals surface area contributed by atoms with E-state index >= 15 is 0 Å². The number of amides is 2. The Bertz CT molecular complexity index is 977. The summed E-state index contributed by atoms with van der Waals surface area (Å²) < 4.78 is 24.3. The predicted octanol–water partition coefficient (Wildman–Crippen LogP) is 3.42. The number of nitrogens with one attached hydrogen (secondary N) is 1. The van der Waals surface area contributed by atoms with Crippen LogP contribution < -0.4 is 5.32 Å². The van der Waals surface area contributed by atoms with Crippen LogP contribution in [0, 0.1) is 0 Å². The van der Waals surface area contributed by atoms with Crippen molar-refractivity contribution in [1.82, 2.24) is 20.0 Å². The molecule has 0 unspecified atom stereocenters. The van der Waals surface area contributed by atoms with E-state index in [0.717, 1.165) is 5.69 Å². The molecule has 36 heavy (non-hydrogen) atoms. The van der Waals surface area contributed by atoms with Gasteiger partial charge in [0.25, 0.3) is 5.91 Å². The average molecular weight is 527 g/mol. The van der Waals surface area contributed by atoms with Gasteiger partial charge in [-0.05, 0) is 12.1 Å². The molecule has 1 saturated heterocycles.